The second-order valence-corrected chi connectivity index (χ2v) is 8.07. The Bertz CT molecular complexity index is 925. The second kappa shape index (κ2) is 7.65. The van der Waals surface area contributed by atoms with Gasteiger partial charge in [0.25, 0.3) is 10.0 Å². The molecule has 0 aliphatic carbocycles. The number of morpholine rings is 1. The third-order valence-corrected chi connectivity index (χ3v) is 5.70. The summed E-state index contributed by atoms with van der Waals surface area (Å²) < 4.78 is 33.6. The van der Waals surface area contributed by atoms with Gasteiger partial charge in [-0.25, -0.2) is 8.42 Å². The van der Waals surface area contributed by atoms with Gasteiger partial charge in [-0.2, -0.15) is 0 Å². The highest BCUT2D eigenvalue weighted by Crippen LogP contribution is 2.31. The van der Waals surface area contributed by atoms with Gasteiger partial charge in [0.1, 0.15) is 0 Å². The predicted molar refractivity (Wildman–Crippen MR) is 102 cm³/mol. The van der Waals surface area contributed by atoms with Crippen molar-refractivity contribution in [2.45, 2.75) is 11.8 Å². The van der Waals surface area contributed by atoms with E-state index in [1.807, 2.05) is 4.90 Å². The average molecular weight is 395 g/mol. The van der Waals surface area contributed by atoms with Crippen LogP contribution in [-0.4, -0.2) is 40.5 Å². The number of nitrogens with zero attached hydrogens (tertiary/aromatic N) is 1. The van der Waals surface area contributed by atoms with Gasteiger partial charge >= 0.3 is 0 Å². The number of ether oxygens (including phenoxy) is 1. The topological polar surface area (TPSA) is 75.7 Å². The third-order valence-electron chi connectivity index (χ3n) is 4.11. The van der Waals surface area contributed by atoms with Gasteiger partial charge in [-0.1, -0.05) is 23.7 Å². The fourth-order valence-electron chi connectivity index (χ4n) is 2.76. The van der Waals surface area contributed by atoms with E-state index in [9.17, 15) is 13.2 Å². The lowest BCUT2D eigenvalue weighted by Crippen LogP contribution is -2.36. The minimum atomic E-state index is -3.87. The maximum absolute atomic E-state index is 12.8. The van der Waals surface area contributed by atoms with Crippen molar-refractivity contribution in [3.05, 3.63) is 53.1 Å². The fourth-order valence-corrected chi connectivity index (χ4v) is 4.04. The van der Waals surface area contributed by atoms with Crippen LogP contribution in [0.5, 0.6) is 0 Å². The lowest BCUT2D eigenvalue weighted by molar-refractivity contribution is 0.101. The van der Waals surface area contributed by atoms with Crippen LogP contribution in [0.3, 0.4) is 0 Å². The number of rotatable bonds is 5. The molecule has 2 aromatic carbocycles. The molecule has 3 rings (SSSR count). The summed E-state index contributed by atoms with van der Waals surface area (Å²) in [4.78, 5) is 13.6. The Morgan fingerprint density at radius 2 is 1.88 bits per heavy atom. The predicted octanol–water partition coefficient (Wildman–Crippen LogP) is 3.18. The van der Waals surface area contributed by atoms with Gasteiger partial charge in [-0.15, -0.1) is 0 Å². The van der Waals surface area contributed by atoms with Crippen molar-refractivity contribution in [1.82, 2.24) is 0 Å². The van der Waals surface area contributed by atoms with Gasteiger partial charge in [0.05, 0.1) is 29.5 Å². The first-order valence-electron chi connectivity index (χ1n) is 8.13. The van der Waals surface area contributed by atoms with E-state index in [1.54, 1.807) is 30.3 Å². The Morgan fingerprint density at radius 1 is 1.15 bits per heavy atom. The first-order chi connectivity index (χ1) is 12.4. The van der Waals surface area contributed by atoms with E-state index in [-0.39, 0.29) is 10.7 Å². The minimum absolute atomic E-state index is 0.0260. The number of anilines is 2. The van der Waals surface area contributed by atoms with Crippen LogP contribution in [0.1, 0.15) is 17.3 Å². The molecular weight excluding hydrogens is 376 g/mol. The molecule has 1 saturated heterocycles. The molecule has 0 radical (unpaired) electrons. The first kappa shape index (κ1) is 18.7. The summed E-state index contributed by atoms with van der Waals surface area (Å²) in [5.41, 5.74) is 1.48. The molecule has 8 heteroatoms. The van der Waals surface area contributed by atoms with Crippen LogP contribution in [0.25, 0.3) is 0 Å². The summed E-state index contributed by atoms with van der Waals surface area (Å²) in [5.74, 6) is -0.196. The summed E-state index contributed by atoms with van der Waals surface area (Å²) in [7, 11) is -3.87. The van der Waals surface area contributed by atoms with E-state index in [4.69, 9.17) is 16.3 Å². The molecule has 0 aromatic heterocycles. The molecule has 0 atom stereocenters. The van der Waals surface area contributed by atoms with Gasteiger partial charge < -0.3 is 9.64 Å². The van der Waals surface area contributed by atoms with E-state index >= 15 is 0 Å². The number of halogens is 1. The molecule has 1 fully saturated rings. The van der Waals surface area contributed by atoms with Crippen molar-refractivity contribution < 1.29 is 17.9 Å². The summed E-state index contributed by atoms with van der Waals surface area (Å²) in [6.07, 6.45) is 0. The lowest BCUT2D eigenvalue weighted by Gasteiger charge is -2.30. The number of hydrogen-bond acceptors (Lipinski definition) is 5. The van der Waals surface area contributed by atoms with E-state index in [0.29, 0.717) is 42.6 Å². The largest absolute Gasteiger partial charge is 0.378 e. The zero-order valence-corrected chi connectivity index (χ0v) is 15.8. The molecule has 0 spiro atoms. The smallest absolute Gasteiger partial charge is 0.261 e. The molecule has 1 aliphatic heterocycles. The lowest BCUT2D eigenvalue weighted by atomic mass is 10.2. The van der Waals surface area contributed by atoms with Gasteiger partial charge in [0, 0.05) is 23.7 Å². The Balaban J connectivity index is 1.95. The van der Waals surface area contributed by atoms with Gasteiger partial charge in [-0.3, -0.25) is 9.52 Å². The molecule has 0 unspecified atom stereocenters. The monoisotopic (exact) mass is 394 g/mol. The van der Waals surface area contributed by atoms with Crippen LogP contribution in [-0.2, 0) is 14.8 Å². The molecule has 0 saturated carbocycles. The first-order valence-corrected chi connectivity index (χ1v) is 9.99. The van der Waals surface area contributed by atoms with E-state index in [2.05, 4.69) is 4.72 Å². The van der Waals surface area contributed by atoms with Crippen molar-refractivity contribution in [2.75, 3.05) is 35.9 Å². The fraction of sp³-hybridized carbons (Fsp3) is 0.278. The average Bonchev–Trinajstić information content (AvgIpc) is 2.62. The molecule has 1 N–H and O–H groups in total. The normalized spacial score (nSPS) is 14.9. The van der Waals surface area contributed by atoms with Crippen LogP contribution in [0, 0.1) is 0 Å². The highest BCUT2D eigenvalue weighted by Gasteiger charge is 2.21. The molecular formula is C18H19ClN2O4S. The highest BCUT2D eigenvalue weighted by atomic mass is 35.5. The van der Waals surface area contributed by atoms with Crippen LogP contribution in [0.15, 0.2) is 47.4 Å². The third kappa shape index (κ3) is 4.17. The number of nitrogens with one attached hydrogen (secondary N) is 1. The van der Waals surface area contributed by atoms with E-state index in [1.165, 1.54) is 19.1 Å². The Hall–Kier alpha value is -2.09. The van der Waals surface area contributed by atoms with Gasteiger partial charge in [0.2, 0.25) is 0 Å². The van der Waals surface area contributed by atoms with Crippen molar-refractivity contribution in [3.8, 4) is 0 Å². The number of ketones is 1. The zero-order valence-electron chi connectivity index (χ0n) is 14.2. The molecule has 0 bridgehead atoms. The second-order valence-electron chi connectivity index (χ2n) is 5.95. The highest BCUT2D eigenvalue weighted by molar-refractivity contribution is 7.92. The minimum Gasteiger partial charge on any atom is -0.378 e. The summed E-state index contributed by atoms with van der Waals surface area (Å²) in [5, 5.41) is 0.428. The number of carbonyl (C=O) groups is 1. The standard InChI is InChI=1S/C18H19ClN2O4S/c1-13(22)14-3-2-4-16(11-14)26(23,24)20-17-12-15(19)5-6-18(17)21-7-9-25-10-8-21/h2-6,11-12,20H,7-10H2,1H3. The van der Waals surface area contributed by atoms with E-state index < -0.39 is 10.0 Å². The van der Waals surface area contributed by atoms with Crippen LogP contribution < -0.4 is 9.62 Å². The number of sulfonamides is 1. The van der Waals surface area contributed by atoms with Crippen LogP contribution in [0.4, 0.5) is 11.4 Å². The number of carbonyl (C=O) groups excluding carboxylic acids is 1. The Kier molecular flexibility index (Phi) is 5.50. The van der Waals surface area contributed by atoms with Crippen molar-refractivity contribution in [3.63, 3.8) is 0 Å². The van der Waals surface area contributed by atoms with Crippen molar-refractivity contribution in [2.24, 2.45) is 0 Å². The van der Waals surface area contributed by atoms with Crippen LogP contribution in [0.2, 0.25) is 5.02 Å². The molecule has 6 nitrogen and oxygen atoms in total. The molecule has 2 aromatic rings. The van der Waals surface area contributed by atoms with Crippen LogP contribution >= 0.6 is 11.6 Å². The molecule has 1 heterocycles. The number of Topliss-reactive ketones (excluding diaryl/α,β-unsaturated/α-hetero) is 1. The molecule has 0 amide bonds. The summed E-state index contributed by atoms with van der Waals surface area (Å²) in [6.45, 7) is 3.88. The maximum Gasteiger partial charge on any atom is 0.261 e. The van der Waals surface area contributed by atoms with Crippen molar-refractivity contribution >= 4 is 38.8 Å². The molecule has 26 heavy (non-hydrogen) atoms. The van der Waals surface area contributed by atoms with Gasteiger partial charge in [0.15, 0.2) is 5.78 Å². The summed E-state index contributed by atoms with van der Waals surface area (Å²) in [6, 6.07) is 11.0. The SMILES string of the molecule is CC(=O)c1cccc(S(=O)(=O)Nc2cc(Cl)ccc2N2CCOCC2)c1. The Morgan fingerprint density at radius 3 is 2.58 bits per heavy atom. The molecule has 1 aliphatic rings. The number of hydrogen-bond donors (Lipinski definition) is 1. The Labute approximate surface area is 157 Å². The van der Waals surface area contributed by atoms with E-state index in [0.717, 1.165) is 5.69 Å². The quantitative estimate of drug-likeness (QED) is 0.788. The summed E-state index contributed by atoms with van der Waals surface area (Å²) >= 11 is 6.07. The zero-order chi connectivity index (χ0) is 18.7. The number of benzene rings is 2. The molecule has 138 valence electrons. The van der Waals surface area contributed by atoms with Crippen molar-refractivity contribution in [1.29, 1.82) is 0 Å². The van der Waals surface area contributed by atoms with Gasteiger partial charge in [-0.05, 0) is 37.3 Å². The maximum atomic E-state index is 12.8.